The van der Waals surface area contributed by atoms with Crippen molar-refractivity contribution in [3.8, 4) is 0 Å². The zero-order valence-electron chi connectivity index (χ0n) is 20.1. The summed E-state index contributed by atoms with van der Waals surface area (Å²) in [6, 6.07) is 17.0. The van der Waals surface area contributed by atoms with Crippen LogP contribution < -0.4 is 5.73 Å². The minimum absolute atomic E-state index is 0.145. The molecule has 4 rings (SSSR count). The van der Waals surface area contributed by atoms with E-state index >= 15 is 0 Å². The fraction of sp³-hybridized carbons (Fsp3) is 0.500. The van der Waals surface area contributed by atoms with Gasteiger partial charge in [-0.05, 0) is 74.4 Å². The first-order valence-corrected chi connectivity index (χ1v) is 12.3. The Kier molecular flexibility index (Phi) is 7.18. The van der Waals surface area contributed by atoms with Crippen molar-refractivity contribution >= 4 is 11.8 Å². The highest BCUT2D eigenvalue weighted by atomic mass is 16.2. The Labute approximate surface area is 197 Å². The second kappa shape index (κ2) is 10.1. The normalized spacial score (nSPS) is 21.0. The molecule has 2 amide bonds. The maximum atomic E-state index is 12.8. The predicted molar refractivity (Wildman–Crippen MR) is 132 cm³/mol. The summed E-state index contributed by atoms with van der Waals surface area (Å²) in [7, 11) is 0. The third kappa shape index (κ3) is 5.30. The molecule has 0 aliphatic carbocycles. The summed E-state index contributed by atoms with van der Waals surface area (Å²) in [6.07, 6.45) is 4.36. The number of nitrogens with zero attached hydrogens (tertiary/aromatic N) is 2. The molecule has 2 saturated heterocycles. The Morgan fingerprint density at radius 3 is 2.33 bits per heavy atom. The molecule has 0 saturated carbocycles. The van der Waals surface area contributed by atoms with E-state index in [0.717, 1.165) is 58.4 Å². The molecule has 2 heterocycles. The summed E-state index contributed by atoms with van der Waals surface area (Å²) in [4.78, 5) is 29.1. The van der Waals surface area contributed by atoms with Gasteiger partial charge in [0.2, 0.25) is 11.8 Å². The lowest BCUT2D eigenvalue weighted by Gasteiger charge is -2.41. The molecule has 0 aromatic heterocycles. The van der Waals surface area contributed by atoms with Crippen LogP contribution in [-0.4, -0.2) is 47.8 Å². The van der Waals surface area contributed by atoms with Crippen LogP contribution in [0.2, 0.25) is 0 Å². The quantitative estimate of drug-likeness (QED) is 0.727. The fourth-order valence-corrected chi connectivity index (χ4v) is 5.65. The Morgan fingerprint density at radius 2 is 1.67 bits per heavy atom. The van der Waals surface area contributed by atoms with Gasteiger partial charge in [-0.3, -0.25) is 14.5 Å². The van der Waals surface area contributed by atoms with Crippen LogP contribution in [0.5, 0.6) is 0 Å². The van der Waals surface area contributed by atoms with E-state index in [1.165, 1.54) is 22.3 Å². The van der Waals surface area contributed by atoms with Crippen LogP contribution in [0.4, 0.5) is 0 Å². The topological polar surface area (TPSA) is 66.6 Å². The van der Waals surface area contributed by atoms with E-state index in [4.69, 9.17) is 5.73 Å². The molecule has 1 unspecified atom stereocenters. The van der Waals surface area contributed by atoms with Gasteiger partial charge in [0.25, 0.3) is 0 Å². The smallest absolute Gasteiger partial charge is 0.224 e. The van der Waals surface area contributed by atoms with Gasteiger partial charge in [0.1, 0.15) is 0 Å². The molecule has 5 nitrogen and oxygen atoms in total. The van der Waals surface area contributed by atoms with Gasteiger partial charge in [-0.1, -0.05) is 48.5 Å². The van der Waals surface area contributed by atoms with Gasteiger partial charge in [-0.25, -0.2) is 0 Å². The van der Waals surface area contributed by atoms with Gasteiger partial charge in [-0.2, -0.15) is 0 Å². The van der Waals surface area contributed by atoms with Gasteiger partial charge in [0.05, 0.1) is 5.41 Å². The van der Waals surface area contributed by atoms with Crippen LogP contribution in [0.3, 0.4) is 0 Å². The van der Waals surface area contributed by atoms with E-state index in [2.05, 4.69) is 60.4 Å². The molecule has 2 N–H and O–H groups in total. The van der Waals surface area contributed by atoms with Crippen molar-refractivity contribution in [3.63, 3.8) is 0 Å². The summed E-state index contributed by atoms with van der Waals surface area (Å²) in [6.45, 7) is 8.09. The average Bonchev–Trinajstić information content (AvgIpc) is 2.82. The second-order valence-corrected chi connectivity index (χ2v) is 10.0. The van der Waals surface area contributed by atoms with E-state index in [9.17, 15) is 9.59 Å². The fourth-order valence-electron chi connectivity index (χ4n) is 5.65. The van der Waals surface area contributed by atoms with Crippen LogP contribution in [-0.2, 0) is 22.6 Å². The van der Waals surface area contributed by atoms with Crippen LogP contribution in [0.25, 0.3) is 0 Å². The third-order valence-corrected chi connectivity index (χ3v) is 7.88. The summed E-state index contributed by atoms with van der Waals surface area (Å²) in [5.74, 6) is 0.290. The first-order valence-electron chi connectivity index (χ1n) is 12.3. The zero-order valence-corrected chi connectivity index (χ0v) is 20.1. The molecule has 33 heavy (non-hydrogen) atoms. The van der Waals surface area contributed by atoms with Crippen molar-refractivity contribution in [1.82, 2.24) is 9.80 Å². The van der Waals surface area contributed by atoms with Crippen molar-refractivity contribution in [3.05, 3.63) is 70.8 Å². The molecule has 2 aliphatic heterocycles. The molecule has 2 aliphatic rings. The molecule has 0 spiro atoms. The van der Waals surface area contributed by atoms with Gasteiger partial charge in [-0.15, -0.1) is 0 Å². The Hall–Kier alpha value is -2.66. The van der Waals surface area contributed by atoms with Crippen molar-refractivity contribution in [2.24, 2.45) is 11.1 Å². The number of rotatable bonds is 6. The number of primary amides is 1. The number of carbonyl (C=O) groups excluding carboxylic acids is 2. The average molecular weight is 448 g/mol. The van der Waals surface area contributed by atoms with Gasteiger partial charge in [0.15, 0.2) is 0 Å². The van der Waals surface area contributed by atoms with Crippen molar-refractivity contribution in [2.45, 2.75) is 58.4 Å². The highest BCUT2D eigenvalue weighted by molar-refractivity contribution is 5.81. The van der Waals surface area contributed by atoms with Gasteiger partial charge < -0.3 is 10.6 Å². The molecule has 176 valence electrons. The van der Waals surface area contributed by atoms with Crippen molar-refractivity contribution < 1.29 is 9.59 Å². The lowest BCUT2D eigenvalue weighted by molar-refractivity contribution is -0.130. The number of hydrogen-bond donors (Lipinski definition) is 1. The number of carbonyl (C=O) groups is 2. The largest absolute Gasteiger partial charge is 0.369 e. The summed E-state index contributed by atoms with van der Waals surface area (Å²) in [5.41, 5.74) is 10.7. The molecule has 2 aromatic carbocycles. The van der Waals surface area contributed by atoms with Crippen LogP contribution in [0, 0.1) is 12.3 Å². The molecular formula is C28H37N3O2. The SMILES string of the molecule is CC(=O)N1CCCC(c2ccccc2CC2(C(N)=O)CCN(Cc3ccccc3C)CC2)C1. The highest BCUT2D eigenvalue weighted by Gasteiger charge is 2.40. The monoisotopic (exact) mass is 447 g/mol. The number of aryl methyl sites for hydroxylation is 1. The van der Waals surface area contributed by atoms with Crippen LogP contribution in [0.15, 0.2) is 48.5 Å². The van der Waals surface area contributed by atoms with Crippen LogP contribution >= 0.6 is 0 Å². The Morgan fingerprint density at radius 1 is 1.00 bits per heavy atom. The summed E-state index contributed by atoms with van der Waals surface area (Å²) in [5, 5.41) is 0. The minimum atomic E-state index is -0.507. The van der Waals surface area contributed by atoms with E-state index in [-0.39, 0.29) is 11.8 Å². The standard InChI is InChI=1S/C28H37N3O2/c1-21-8-3-4-10-24(21)19-30-16-13-28(14-17-30,27(29)33)18-23-9-5-6-12-26(23)25-11-7-15-31(20-25)22(2)32/h3-6,8-10,12,25H,7,11,13-20H2,1-2H3,(H2,29,33). The number of hydrogen-bond acceptors (Lipinski definition) is 3. The molecule has 5 heteroatoms. The van der Waals surface area contributed by atoms with Gasteiger partial charge >= 0.3 is 0 Å². The van der Waals surface area contributed by atoms with E-state index in [1.54, 1.807) is 6.92 Å². The second-order valence-electron chi connectivity index (χ2n) is 10.0. The van der Waals surface area contributed by atoms with Crippen LogP contribution in [0.1, 0.15) is 60.8 Å². The predicted octanol–water partition coefficient (Wildman–Crippen LogP) is 4.03. The number of likely N-dealkylation sites (tertiary alicyclic amines) is 2. The van der Waals surface area contributed by atoms with E-state index in [1.807, 2.05) is 4.90 Å². The molecule has 0 radical (unpaired) electrons. The molecule has 2 fully saturated rings. The Balaban J connectivity index is 1.49. The summed E-state index contributed by atoms with van der Waals surface area (Å²) < 4.78 is 0. The van der Waals surface area contributed by atoms with E-state index < -0.39 is 5.41 Å². The van der Waals surface area contributed by atoms with E-state index in [0.29, 0.717) is 12.3 Å². The highest BCUT2D eigenvalue weighted by Crippen LogP contribution is 2.39. The lowest BCUT2D eigenvalue weighted by Crippen LogP contribution is -2.48. The molecule has 1 atom stereocenters. The number of piperidine rings is 2. The van der Waals surface area contributed by atoms with Crippen molar-refractivity contribution in [1.29, 1.82) is 0 Å². The maximum Gasteiger partial charge on any atom is 0.224 e. The zero-order chi connectivity index (χ0) is 23.4. The maximum absolute atomic E-state index is 12.8. The number of benzene rings is 2. The van der Waals surface area contributed by atoms with Gasteiger partial charge in [0, 0.05) is 32.5 Å². The molecule has 0 bridgehead atoms. The Bertz CT molecular complexity index is 994. The summed E-state index contributed by atoms with van der Waals surface area (Å²) >= 11 is 0. The first-order chi connectivity index (χ1) is 15.9. The third-order valence-electron chi connectivity index (χ3n) is 7.88. The lowest BCUT2D eigenvalue weighted by atomic mass is 9.71. The van der Waals surface area contributed by atoms with Crippen molar-refractivity contribution in [2.75, 3.05) is 26.2 Å². The number of amides is 2. The minimum Gasteiger partial charge on any atom is -0.369 e. The first kappa shape index (κ1) is 23.5. The molecular weight excluding hydrogens is 410 g/mol. The molecule has 2 aromatic rings. The number of nitrogens with two attached hydrogens (primary N) is 1.